The van der Waals surface area contributed by atoms with E-state index in [0.29, 0.717) is 23.6 Å². The standard InChI is InChI=1S/C22H23Cl2FN2O4S/c1-2-32(30,31)20-7-6-16(23)9-15(20)12-26-22(29)14-10-18(24)17(19(25)11-14)13-27-8-4-3-5-21(27)28/h6-7,9-11H,2-5,8,12-13H2,1H3,(H,26,29). The molecule has 1 heterocycles. The van der Waals surface area contributed by atoms with Gasteiger partial charge in [-0.15, -0.1) is 0 Å². The van der Waals surface area contributed by atoms with E-state index in [1.54, 1.807) is 4.90 Å². The van der Waals surface area contributed by atoms with Crippen molar-refractivity contribution in [3.8, 4) is 0 Å². The zero-order valence-electron chi connectivity index (χ0n) is 17.5. The number of carbonyl (C=O) groups is 2. The number of benzene rings is 2. The van der Waals surface area contributed by atoms with Gasteiger partial charge in [0.05, 0.1) is 10.6 Å². The first-order valence-electron chi connectivity index (χ1n) is 10.2. The molecule has 2 aromatic carbocycles. The van der Waals surface area contributed by atoms with E-state index < -0.39 is 21.6 Å². The number of rotatable bonds is 7. The summed E-state index contributed by atoms with van der Waals surface area (Å²) in [7, 11) is -3.52. The van der Waals surface area contributed by atoms with Crippen LogP contribution < -0.4 is 5.32 Å². The number of nitrogens with one attached hydrogen (secondary N) is 1. The van der Waals surface area contributed by atoms with Crippen LogP contribution in [0, 0.1) is 5.82 Å². The molecule has 0 atom stereocenters. The summed E-state index contributed by atoms with van der Waals surface area (Å²) in [4.78, 5) is 26.2. The molecule has 0 radical (unpaired) electrons. The summed E-state index contributed by atoms with van der Waals surface area (Å²) in [6.45, 7) is 2.00. The minimum atomic E-state index is -3.52. The highest BCUT2D eigenvalue weighted by Gasteiger charge is 2.22. The summed E-state index contributed by atoms with van der Waals surface area (Å²) in [5.74, 6) is -1.45. The fourth-order valence-electron chi connectivity index (χ4n) is 3.53. The minimum absolute atomic E-state index is 0.0110. The molecule has 0 spiro atoms. The van der Waals surface area contributed by atoms with Gasteiger partial charge in [-0.3, -0.25) is 9.59 Å². The van der Waals surface area contributed by atoms with Gasteiger partial charge in [-0.2, -0.15) is 0 Å². The molecule has 6 nitrogen and oxygen atoms in total. The molecule has 1 aliphatic rings. The van der Waals surface area contributed by atoms with Crippen molar-refractivity contribution < 1.29 is 22.4 Å². The Bertz CT molecular complexity index is 1130. The van der Waals surface area contributed by atoms with Gasteiger partial charge in [0.15, 0.2) is 9.84 Å². The van der Waals surface area contributed by atoms with Gasteiger partial charge >= 0.3 is 0 Å². The van der Waals surface area contributed by atoms with E-state index in [4.69, 9.17) is 23.2 Å². The fraction of sp³-hybridized carbons (Fsp3) is 0.364. The summed E-state index contributed by atoms with van der Waals surface area (Å²) >= 11 is 12.2. The average Bonchev–Trinajstić information content (AvgIpc) is 2.75. The molecule has 0 saturated carbocycles. The number of hydrogen-bond donors (Lipinski definition) is 1. The van der Waals surface area contributed by atoms with Crippen molar-refractivity contribution in [2.24, 2.45) is 0 Å². The van der Waals surface area contributed by atoms with Gasteiger partial charge in [-0.25, -0.2) is 12.8 Å². The topological polar surface area (TPSA) is 83.6 Å². The Kier molecular flexibility index (Phi) is 7.79. The number of halogens is 3. The van der Waals surface area contributed by atoms with Gasteiger partial charge in [0.2, 0.25) is 5.91 Å². The van der Waals surface area contributed by atoms with Gasteiger partial charge < -0.3 is 10.2 Å². The average molecular weight is 501 g/mol. The molecule has 2 aromatic rings. The molecule has 172 valence electrons. The number of carbonyl (C=O) groups excluding carboxylic acids is 2. The van der Waals surface area contributed by atoms with Gasteiger partial charge in [-0.1, -0.05) is 30.1 Å². The zero-order chi connectivity index (χ0) is 23.5. The third-order valence-electron chi connectivity index (χ3n) is 5.35. The molecular formula is C22H23Cl2FN2O4S. The Balaban J connectivity index is 1.77. The van der Waals surface area contributed by atoms with Crippen LogP contribution in [0.25, 0.3) is 0 Å². The van der Waals surface area contributed by atoms with Crippen LogP contribution in [0.3, 0.4) is 0 Å². The van der Waals surface area contributed by atoms with E-state index in [9.17, 15) is 22.4 Å². The van der Waals surface area contributed by atoms with Gasteiger partial charge in [0.25, 0.3) is 5.91 Å². The maximum absolute atomic E-state index is 14.7. The van der Waals surface area contributed by atoms with Crippen molar-refractivity contribution in [3.63, 3.8) is 0 Å². The molecule has 0 aliphatic carbocycles. The lowest BCUT2D eigenvalue weighted by molar-refractivity contribution is -0.133. The van der Waals surface area contributed by atoms with Crippen LogP contribution >= 0.6 is 23.2 Å². The van der Waals surface area contributed by atoms with Crippen molar-refractivity contribution in [1.82, 2.24) is 10.2 Å². The Morgan fingerprint density at radius 2 is 1.94 bits per heavy atom. The quantitative estimate of drug-likeness (QED) is 0.611. The van der Waals surface area contributed by atoms with Crippen molar-refractivity contribution >= 4 is 44.9 Å². The van der Waals surface area contributed by atoms with Crippen LogP contribution in [0.1, 0.15) is 47.7 Å². The van der Waals surface area contributed by atoms with Crippen molar-refractivity contribution in [2.45, 2.75) is 44.2 Å². The molecule has 1 fully saturated rings. The maximum Gasteiger partial charge on any atom is 0.251 e. The SMILES string of the molecule is CCS(=O)(=O)c1ccc(Cl)cc1CNC(=O)c1cc(F)c(CN2CCCCC2=O)c(Cl)c1. The van der Waals surface area contributed by atoms with Crippen LogP contribution in [0.2, 0.25) is 10.0 Å². The first kappa shape index (κ1) is 24.5. The highest BCUT2D eigenvalue weighted by atomic mass is 35.5. The first-order valence-corrected chi connectivity index (χ1v) is 12.6. The Morgan fingerprint density at radius 1 is 1.19 bits per heavy atom. The number of likely N-dealkylation sites (tertiary alicyclic amines) is 1. The Morgan fingerprint density at radius 3 is 2.59 bits per heavy atom. The molecule has 32 heavy (non-hydrogen) atoms. The third kappa shape index (κ3) is 5.60. The van der Waals surface area contributed by atoms with Gasteiger partial charge in [-0.05, 0) is 48.7 Å². The molecule has 1 N–H and O–H groups in total. The zero-order valence-corrected chi connectivity index (χ0v) is 19.8. The minimum Gasteiger partial charge on any atom is -0.348 e. The van der Waals surface area contributed by atoms with Crippen LogP contribution in [-0.2, 0) is 27.7 Å². The molecule has 0 aromatic heterocycles. The van der Waals surface area contributed by atoms with E-state index >= 15 is 0 Å². The molecule has 1 saturated heterocycles. The molecular weight excluding hydrogens is 478 g/mol. The second kappa shape index (κ2) is 10.2. The predicted molar refractivity (Wildman–Crippen MR) is 121 cm³/mol. The lowest BCUT2D eigenvalue weighted by atomic mass is 10.1. The lowest BCUT2D eigenvalue weighted by Gasteiger charge is -2.27. The summed E-state index contributed by atoms with van der Waals surface area (Å²) in [6, 6.07) is 6.74. The second-order valence-corrected chi connectivity index (χ2v) is 10.6. The van der Waals surface area contributed by atoms with Crippen molar-refractivity contribution in [2.75, 3.05) is 12.3 Å². The number of amides is 2. The maximum atomic E-state index is 14.7. The summed E-state index contributed by atoms with van der Waals surface area (Å²) in [5.41, 5.74) is 0.479. The summed E-state index contributed by atoms with van der Waals surface area (Å²) < 4.78 is 39.4. The number of sulfone groups is 1. The van der Waals surface area contributed by atoms with Crippen LogP contribution in [0.4, 0.5) is 4.39 Å². The molecule has 2 amide bonds. The van der Waals surface area contributed by atoms with Crippen LogP contribution in [0.5, 0.6) is 0 Å². The predicted octanol–water partition coefficient (Wildman–Crippen LogP) is 4.37. The third-order valence-corrected chi connectivity index (χ3v) is 7.75. The van der Waals surface area contributed by atoms with E-state index in [2.05, 4.69) is 5.32 Å². The van der Waals surface area contributed by atoms with Crippen LogP contribution in [-0.4, -0.2) is 37.4 Å². The number of nitrogens with zero attached hydrogens (tertiary/aromatic N) is 1. The number of hydrogen-bond acceptors (Lipinski definition) is 4. The molecule has 3 rings (SSSR count). The highest BCUT2D eigenvalue weighted by molar-refractivity contribution is 7.91. The second-order valence-electron chi connectivity index (χ2n) is 7.53. The smallest absolute Gasteiger partial charge is 0.251 e. The van der Waals surface area contributed by atoms with Gasteiger partial charge in [0, 0.05) is 47.2 Å². The van der Waals surface area contributed by atoms with Gasteiger partial charge in [0.1, 0.15) is 5.82 Å². The van der Waals surface area contributed by atoms with E-state index in [0.717, 1.165) is 18.9 Å². The van der Waals surface area contributed by atoms with E-state index in [1.807, 2.05) is 0 Å². The molecule has 0 bridgehead atoms. The molecule has 1 aliphatic heterocycles. The summed E-state index contributed by atoms with van der Waals surface area (Å²) in [6.07, 6.45) is 2.10. The largest absolute Gasteiger partial charge is 0.348 e. The number of piperidine rings is 1. The van der Waals surface area contributed by atoms with Crippen LogP contribution in [0.15, 0.2) is 35.2 Å². The fourth-order valence-corrected chi connectivity index (χ4v) is 5.11. The highest BCUT2D eigenvalue weighted by Crippen LogP contribution is 2.26. The lowest BCUT2D eigenvalue weighted by Crippen LogP contribution is -2.35. The Labute approximate surface area is 196 Å². The van der Waals surface area contributed by atoms with Crippen molar-refractivity contribution in [1.29, 1.82) is 0 Å². The van der Waals surface area contributed by atoms with E-state index in [1.165, 1.54) is 31.2 Å². The Hall–Kier alpha value is -2.16. The first-order chi connectivity index (χ1) is 15.1. The summed E-state index contributed by atoms with van der Waals surface area (Å²) in [5, 5.41) is 2.97. The molecule has 10 heteroatoms. The monoisotopic (exact) mass is 500 g/mol. The molecule has 0 unspecified atom stereocenters. The van der Waals surface area contributed by atoms with Crippen molar-refractivity contribution in [3.05, 3.63) is 62.9 Å². The normalized spacial score (nSPS) is 14.5. The van der Waals surface area contributed by atoms with E-state index in [-0.39, 0.29) is 45.8 Å².